The Labute approximate surface area is 63.4 Å². The minimum atomic E-state index is 0.220. The Hall–Kier alpha value is -0.720. The number of ether oxygens (including phenoxy) is 1. The van der Waals surface area contributed by atoms with Gasteiger partial charge in [-0.25, -0.2) is 0 Å². The lowest BCUT2D eigenvalue weighted by Gasteiger charge is -2.07. The zero-order valence-electron chi connectivity index (χ0n) is 6.84. The molecule has 0 saturated carbocycles. The van der Waals surface area contributed by atoms with Gasteiger partial charge in [-0.3, -0.25) is 0 Å². The van der Waals surface area contributed by atoms with E-state index < -0.39 is 0 Å². The summed E-state index contributed by atoms with van der Waals surface area (Å²) in [6.07, 6.45) is 7.96. The Morgan fingerprint density at radius 3 is 2.60 bits per heavy atom. The van der Waals surface area contributed by atoms with Crippen LogP contribution in [0.15, 0.2) is 25.0 Å². The molecule has 0 spiro atoms. The Bertz CT molecular complexity index is 105. The summed E-state index contributed by atoms with van der Waals surface area (Å²) in [5.74, 6) is 0. The molecule has 0 amide bonds. The zero-order chi connectivity index (χ0) is 7.82. The van der Waals surface area contributed by atoms with E-state index in [9.17, 15) is 0 Å². The van der Waals surface area contributed by atoms with Crippen molar-refractivity contribution < 1.29 is 4.74 Å². The molecule has 0 aromatic heterocycles. The third kappa shape index (κ3) is 4.19. The molecule has 0 aliphatic heterocycles. The standard InChI is InChI=1S/C9H16O/c1-4-7-8-9(5-2)10-6-3/h6-9H,3-5H2,1-2H3/b8-7+. The van der Waals surface area contributed by atoms with Gasteiger partial charge in [-0.05, 0) is 18.9 Å². The summed E-state index contributed by atoms with van der Waals surface area (Å²) in [7, 11) is 0. The maximum absolute atomic E-state index is 5.17. The molecule has 0 aliphatic rings. The van der Waals surface area contributed by atoms with Crippen LogP contribution < -0.4 is 0 Å². The van der Waals surface area contributed by atoms with Gasteiger partial charge in [0.1, 0.15) is 6.10 Å². The van der Waals surface area contributed by atoms with E-state index >= 15 is 0 Å². The van der Waals surface area contributed by atoms with E-state index in [1.807, 2.05) is 0 Å². The highest BCUT2D eigenvalue weighted by Crippen LogP contribution is 2.00. The Morgan fingerprint density at radius 1 is 1.50 bits per heavy atom. The highest BCUT2D eigenvalue weighted by atomic mass is 16.5. The maximum atomic E-state index is 5.17. The minimum absolute atomic E-state index is 0.220. The highest BCUT2D eigenvalue weighted by Gasteiger charge is 1.96. The lowest BCUT2D eigenvalue weighted by atomic mass is 10.2. The van der Waals surface area contributed by atoms with Crippen LogP contribution in [0.3, 0.4) is 0 Å². The quantitative estimate of drug-likeness (QED) is 0.421. The summed E-state index contributed by atoms with van der Waals surface area (Å²) in [5.41, 5.74) is 0. The molecular weight excluding hydrogens is 124 g/mol. The fourth-order valence-electron chi connectivity index (χ4n) is 0.689. The molecule has 0 rings (SSSR count). The molecule has 0 aromatic rings. The molecular formula is C9H16O. The van der Waals surface area contributed by atoms with Crippen LogP contribution in [0.2, 0.25) is 0 Å². The molecule has 0 aromatic carbocycles. The largest absolute Gasteiger partial charge is 0.495 e. The van der Waals surface area contributed by atoms with E-state index in [0.29, 0.717) is 0 Å². The predicted molar refractivity (Wildman–Crippen MR) is 44.8 cm³/mol. The molecule has 1 atom stereocenters. The highest BCUT2D eigenvalue weighted by molar-refractivity contribution is 4.88. The van der Waals surface area contributed by atoms with Crippen molar-refractivity contribution in [2.75, 3.05) is 0 Å². The van der Waals surface area contributed by atoms with Crippen LogP contribution in [0.25, 0.3) is 0 Å². The van der Waals surface area contributed by atoms with Crippen molar-refractivity contribution >= 4 is 0 Å². The first kappa shape index (κ1) is 9.28. The van der Waals surface area contributed by atoms with Gasteiger partial charge < -0.3 is 4.74 Å². The first-order valence-electron chi connectivity index (χ1n) is 3.78. The summed E-state index contributed by atoms with van der Waals surface area (Å²) >= 11 is 0. The Balaban J connectivity index is 3.58. The average Bonchev–Trinajstić information content (AvgIpc) is 1.98. The molecule has 0 radical (unpaired) electrons. The van der Waals surface area contributed by atoms with Gasteiger partial charge in [-0.15, -0.1) is 0 Å². The predicted octanol–water partition coefficient (Wildman–Crippen LogP) is 2.89. The van der Waals surface area contributed by atoms with Crippen LogP contribution in [0, 0.1) is 0 Å². The van der Waals surface area contributed by atoms with E-state index in [1.165, 1.54) is 6.26 Å². The molecule has 0 fully saturated rings. The van der Waals surface area contributed by atoms with E-state index in [0.717, 1.165) is 12.8 Å². The first-order chi connectivity index (χ1) is 4.85. The van der Waals surface area contributed by atoms with E-state index in [2.05, 4.69) is 32.6 Å². The van der Waals surface area contributed by atoms with Crippen molar-refractivity contribution in [2.45, 2.75) is 32.8 Å². The van der Waals surface area contributed by atoms with Gasteiger partial charge in [0.15, 0.2) is 0 Å². The average molecular weight is 140 g/mol. The van der Waals surface area contributed by atoms with Crippen molar-refractivity contribution in [3.8, 4) is 0 Å². The van der Waals surface area contributed by atoms with Gasteiger partial charge in [0, 0.05) is 0 Å². The fourth-order valence-corrected chi connectivity index (χ4v) is 0.689. The lowest BCUT2D eigenvalue weighted by Crippen LogP contribution is -2.02. The monoisotopic (exact) mass is 140 g/mol. The van der Waals surface area contributed by atoms with E-state index in [4.69, 9.17) is 4.74 Å². The Kier molecular flexibility index (Phi) is 5.94. The second kappa shape index (κ2) is 6.40. The van der Waals surface area contributed by atoms with Gasteiger partial charge in [-0.1, -0.05) is 26.5 Å². The molecule has 1 unspecified atom stereocenters. The summed E-state index contributed by atoms with van der Waals surface area (Å²) in [6.45, 7) is 7.70. The molecule has 0 heterocycles. The molecule has 58 valence electrons. The molecule has 0 aliphatic carbocycles. The third-order valence-electron chi connectivity index (χ3n) is 1.26. The number of allylic oxidation sites excluding steroid dienone is 1. The number of hydrogen-bond acceptors (Lipinski definition) is 1. The van der Waals surface area contributed by atoms with Crippen molar-refractivity contribution in [1.82, 2.24) is 0 Å². The third-order valence-corrected chi connectivity index (χ3v) is 1.26. The lowest BCUT2D eigenvalue weighted by molar-refractivity contribution is 0.184. The van der Waals surface area contributed by atoms with Crippen molar-refractivity contribution in [3.63, 3.8) is 0 Å². The van der Waals surface area contributed by atoms with Gasteiger partial charge >= 0.3 is 0 Å². The van der Waals surface area contributed by atoms with Crippen LogP contribution in [0.5, 0.6) is 0 Å². The van der Waals surface area contributed by atoms with E-state index in [-0.39, 0.29) is 6.10 Å². The summed E-state index contributed by atoms with van der Waals surface area (Å²) in [4.78, 5) is 0. The smallest absolute Gasteiger partial charge is 0.116 e. The molecule has 10 heavy (non-hydrogen) atoms. The number of hydrogen-bond donors (Lipinski definition) is 0. The Morgan fingerprint density at radius 2 is 2.20 bits per heavy atom. The molecule has 0 N–H and O–H groups in total. The molecule has 1 nitrogen and oxygen atoms in total. The van der Waals surface area contributed by atoms with Crippen LogP contribution in [0.4, 0.5) is 0 Å². The van der Waals surface area contributed by atoms with Gasteiger partial charge in [0.05, 0.1) is 6.26 Å². The van der Waals surface area contributed by atoms with Crippen molar-refractivity contribution in [1.29, 1.82) is 0 Å². The normalized spacial score (nSPS) is 13.4. The van der Waals surface area contributed by atoms with Crippen molar-refractivity contribution in [3.05, 3.63) is 25.0 Å². The molecule has 0 saturated heterocycles. The summed E-state index contributed by atoms with van der Waals surface area (Å²) in [5, 5.41) is 0. The van der Waals surface area contributed by atoms with Gasteiger partial charge in [-0.2, -0.15) is 0 Å². The molecule has 1 heteroatoms. The number of rotatable bonds is 5. The summed E-state index contributed by atoms with van der Waals surface area (Å²) < 4.78 is 5.17. The maximum Gasteiger partial charge on any atom is 0.116 e. The zero-order valence-corrected chi connectivity index (χ0v) is 6.84. The van der Waals surface area contributed by atoms with Crippen LogP contribution >= 0.6 is 0 Å². The minimum Gasteiger partial charge on any atom is -0.495 e. The SMILES string of the molecule is C=COC(/C=C/CC)CC. The fraction of sp³-hybridized carbons (Fsp3) is 0.556. The van der Waals surface area contributed by atoms with Gasteiger partial charge in [0.25, 0.3) is 0 Å². The van der Waals surface area contributed by atoms with Crippen LogP contribution in [-0.4, -0.2) is 6.10 Å². The second-order valence-electron chi connectivity index (χ2n) is 2.09. The van der Waals surface area contributed by atoms with E-state index in [1.54, 1.807) is 0 Å². The molecule has 0 bridgehead atoms. The van der Waals surface area contributed by atoms with Crippen LogP contribution in [0.1, 0.15) is 26.7 Å². The first-order valence-corrected chi connectivity index (χ1v) is 3.78. The topological polar surface area (TPSA) is 9.23 Å². The summed E-state index contributed by atoms with van der Waals surface area (Å²) in [6, 6.07) is 0. The second-order valence-corrected chi connectivity index (χ2v) is 2.09. The van der Waals surface area contributed by atoms with Crippen molar-refractivity contribution in [2.24, 2.45) is 0 Å². The van der Waals surface area contributed by atoms with Gasteiger partial charge in [0.2, 0.25) is 0 Å². The van der Waals surface area contributed by atoms with Crippen LogP contribution in [-0.2, 0) is 4.74 Å².